The molecule has 0 radical (unpaired) electrons. The van der Waals surface area contributed by atoms with E-state index in [-0.39, 0.29) is 17.7 Å². The molecule has 2 rings (SSSR count). The first-order valence-corrected chi connectivity index (χ1v) is 6.72. The van der Waals surface area contributed by atoms with Crippen molar-refractivity contribution in [1.82, 2.24) is 4.90 Å². The first-order chi connectivity index (χ1) is 8.66. The molecule has 0 saturated carbocycles. The van der Waals surface area contributed by atoms with Crippen LogP contribution in [0.4, 0.5) is 0 Å². The van der Waals surface area contributed by atoms with Gasteiger partial charge in [-0.15, -0.1) is 0 Å². The third kappa shape index (κ3) is 3.40. The zero-order valence-electron chi connectivity index (χ0n) is 11.0. The number of piperidine rings is 1. The van der Waals surface area contributed by atoms with Crippen LogP contribution in [0.2, 0.25) is 0 Å². The Morgan fingerprint density at radius 3 is 2.83 bits per heavy atom. The zero-order valence-corrected chi connectivity index (χ0v) is 11.0. The fourth-order valence-electron chi connectivity index (χ4n) is 2.64. The summed E-state index contributed by atoms with van der Waals surface area (Å²) >= 11 is 0. The monoisotopic (exact) mass is 246 g/mol. The number of ketones is 1. The van der Waals surface area contributed by atoms with E-state index in [1.54, 1.807) is 6.92 Å². The van der Waals surface area contributed by atoms with Crippen LogP contribution < -0.4 is 5.73 Å². The van der Waals surface area contributed by atoms with E-state index < -0.39 is 0 Å². The number of hydrogen-bond acceptors (Lipinski definition) is 3. The summed E-state index contributed by atoms with van der Waals surface area (Å²) in [5.41, 5.74) is 7.01. The van der Waals surface area contributed by atoms with Crippen LogP contribution >= 0.6 is 0 Å². The molecule has 1 aliphatic heterocycles. The van der Waals surface area contributed by atoms with E-state index in [1.165, 1.54) is 5.56 Å². The number of likely N-dealkylation sites (tertiary alicyclic amines) is 1. The van der Waals surface area contributed by atoms with E-state index >= 15 is 0 Å². The Labute approximate surface area is 109 Å². The molecule has 0 aromatic heterocycles. The average molecular weight is 246 g/mol. The Kier molecular flexibility index (Phi) is 4.50. The van der Waals surface area contributed by atoms with E-state index in [0.29, 0.717) is 0 Å². The minimum Gasteiger partial charge on any atom is -0.322 e. The van der Waals surface area contributed by atoms with Crippen LogP contribution in [0, 0.1) is 5.92 Å². The molecule has 1 saturated heterocycles. The second-order valence-corrected chi connectivity index (χ2v) is 5.25. The van der Waals surface area contributed by atoms with Crippen LogP contribution in [0.25, 0.3) is 0 Å². The number of benzene rings is 1. The number of carbonyl (C=O) groups excluding carboxylic acids is 1. The molecule has 0 bridgehead atoms. The van der Waals surface area contributed by atoms with Crippen molar-refractivity contribution >= 4 is 5.78 Å². The van der Waals surface area contributed by atoms with E-state index in [0.717, 1.165) is 32.5 Å². The molecule has 0 aliphatic carbocycles. The third-order valence-corrected chi connectivity index (χ3v) is 3.61. The van der Waals surface area contributed by atoms with Crippen molar-refractivity contribution in [3.63, 3.8) is 0 Å². The normalized spacial score (nSPS) is 22.7. The Morgan fingerprint density at radius 1 is 1.44 bits per heavy atom. The average Bonchev–Trinajstić information content (AvgIpc) is 2.39. The summed E-state index contributed by atoms with van der Waals surface area (Å²) in [6.07, 6.45) is 2.08. The largest absolute Gasteiger partial charge is 0.322 e. The van der Waals surface area contributed by atoms with Crippen LogP contribution in [0.5, 0.6) is 0 Å². The molecule has 1 fully saturated rings. The Morgan fingerprint density at radius 2 is 2.17 bits per heavy atom. The molecule has 2 N–H and O–H groups in total. The fourth-order valence-corrected chi connectivity index (χ4v) is 2.64. The third-order valence-electron chi connectivity index (χ3n) is 3.61. The maximum atomic E-state index is 11.9. The first-order valence-electron chi connectivity index (χ1n) is 6.72. The van der Waals surface area contributed by atoms with Crippen molar-refractivity contribution in [2.24, 2.45) is 11.7 Å². The fraction of sp³-hybridized carbons (Fsp3) is 0.533. The van der Waals surface area contributed by atoms with Crippen molar-refractivity contribution in [3.05, 3.63) is 35.9 Å². The van der Waals surface area contributed by atoms with Gasteiger partial charge in [0, 0.05) is 19.0 Å². The first kappa shape index (κ1) is 13.2. The highest BCUT2D eigenvalue weighted by atomic mass is 16.1. The second kappa shape index (κ2) is 6.12. The second-order valence-electron chi connectivity index (χ2n) is 5.25. The maximum Gasteiger partial charge on any atom is 0.153 e. The summed E-state index contributed by atoms with van der Waals surface area (Å²) in [5.74, 6) is 0.343. The van der Waals surface area contributed by atoms with Crippen LogP contribution in [-0.2, 0) is 11.3 Å². The van der Waals surface area contributed by atoms with Gasteiger partial charge in [-0.3, -0.25) is 9.69 Å². The van der Waals surface area contributed by atoms with Gasteiger partial charge in [0.1, 0.15) is 0 Å². The number of hydrogen-bond donors (Lipinski definition) is 1. The SMILES string of the molecule is CC(N)C(=O)C1CCCN(Cc2ccccc2)C1. The molecule has 0 spiro atoms. The number of Topliss-reactive ketones (excluding diaryl/α,β-unsaturated/α-hetero) is 1. The summed E-state index contributed by atoms with van der Waals surface area (Å²) in [6.45, 7) is 4.66. The lowest BCUT2D eigenvalue weighted by Crippen LogP contribution is -2.43. The topological polar surface area (TPSA) is 46.3 Å². The maximum absolute atomic E-state index is 11.9. The molecular weight excluding hydrogens is 224 g/mol. The Balaban J connectivity index is 1.93. The summed E-state index contributed by atoms with van der Waals surface area (Å²) in [7, 11) is 0. The quantitative estimate of drug-likeness (QED) is 0.881. The number of nitrogens with zero attached hydrogens (tertiary/aromatic N) is 1. The molecule has 3 heteroatoms. The van der Waals surface area contributed by atoms with Gasteiger partial charge < -0.3 is 5.73 Å². The van der Waals surface area contributed by atoms with Gasteiger partial charge in [-0.25, -0.2) is 0 Å². The predicted molar refractivity (Wildman–Crippen MR) is 73.1 cm³/mol. The van der Waals surface area contributed by atoms with Gasteiger partial charge in [0.15, 0.2) is 5.78 Å². The molecule has 3 nitrogen and oxygen atoms in total. The highest BCUT2D eigenvalue weighted by molar-refractivity contribution is 5.85. The number of nitrogens with two attached hydrogens (primary N) is 1. The van der Waals surface area contributed by atoms with Crippen molar-refractivity contribution in [2.45, 2.75) is 32.4 Å². The molecule has 2 atom stereocenters. The molecule has 0 amide bonds. The molecule has 1 aromatic rings. The van der Waals surface area contributed by atoms with Crippen LogP contribution in [0.1, 0.15) is 25.3 Å². The number of rotatable bonds is 4. The van der Waals surface area contributed by atoms with Gasteiger partial charge in [-0.05, 0) is 31.9 Å². The Bertz CT molecular complexity index is 389. The van der Waals surface area contributed by atoms with E-state index in [9.17, 15) is 4.79 Å². The molecule has 1 aliphatic rings. The summed E-state index contributed by atoms with van der Waals surface area (Å²) in [4.78, 5) is 14.3. The van der Waals surface area contributed by atoms with Crippen LogP contribution in [0.15, 0.2) is 30.3 Å². The van der Waals surface area contributed by atoms with Crippen molar-refractivity contribution in [1.29, 1.82) is 0 Å². The molecule has 98 valence electrons. The van der Waals surface area contributed by atoms with Gasteiger partial charge in [-0.1, -0.05) is 30.3 Å². The highest BCUT2D eigenvalue weighted by Gasteiger charge is 2.27. The summed E-state index contributed by atoms with van der Waals surface area (Å²) in [5, 5.41) is 0. The van der Waals surface area contributed by atoms with Crippen LogP contribution in [0.3, 0.4) is 0 Å². The minimum atomic E-state index is -0.327. The molecule has 18 heavy (non-hydrogen) atoms. The summed E-state index contributed by atoms with van der Waals surface area (Å²) < 4.78 is 0. The zero-order chi connectivity index (χ0) is 13.0. The van der Waals surface area contributed by atoms with Gasteiger partial charge in [0.25, 0.3) is 0 Å². The smallest absolute Gasteiger partial charge is 0.153 e. The summed E-state index contributed by atoms with van der Waals surface area (Å²) in [6, 6.07) is 10.1. The molecule has 1 heterocycles. The molecular formula is C15H22N2O. The molecule has 1 aromatic carbocycles. The predicted octanol–water partition coefficient (Wildman–Crippen LogP) is 1.81. The van der Waals surface area contributed by atoms with E-state index in [2.05, 4.69) is 29.2 Å². The van der Waals surface area contributed by atoms with Gasteiger partial charge in [0.05, 0.1) is 6.04 Å². The highest BCUT2D eigenvalue weighted by Crippen LogP contribution is 2.20. The standard InChI is InChI=1S/C15H22N2O/c1-12(16)15(18)14-8-5-9-17(11-14)10-13-6-3-2-4-7-13/h2-4,6-7,12,14H,5,8-11,16H2,1H3. The van der Waals surface area contributed by atoms with Crippen molar-refractivity contribution in [3.8, 4) is 0 Å². The minimum absolute atomic E-state index is 0.127. The lowest BCUT2D eigenvalue weighted by atomic mass is 9.90. The number of carbonyl (C=O) groups is 1. The molecule has 2 unspecified atom stereocenters. The van der Waals surface area contributed by atoms with E-state index in [4.69, 9.17) is 5.73 Å². The van der Waals surface area contributed by atoms with E-state index in [1.807, 2.05) is 6.07 Å². The lowest BCUT2D eigenvalue weighted by molar-refractivity contribution is -0.125. The van der Waals surface area contributed by atoms with Gasteiger partial charge >= 0.3 is 0 Å². The van der Waals surface area contributed by atoms with Crippen LogP contribution in [-0.4, -0.2) is 29.8 Å². The van der Waals surface area contributed by atoms with Gasteiger partial charge in [-0.2, -0.15) is 0 Å². The lowest BCUT2D eigenvalue weighted by Gasteiger charge is -2.32. The Hall–Kier alpha value is -1.19. The van der Waals surface area contributed by atoms with Gasteiger partial charge in [0.2, 0.25) is 0 Å². The van der Waals surface area contributed by atoms with Crippen molar-refractivity contribution in [2.75, 3.05) is 13.1 Å². The van der Waals surface area contributed by atoms with Crippen molar-refractivity contribution < 1.29 is 4.79 Å².